The molecule has 1 atom stereocenters. The zero-order valence-corrected chi connectivity index (χ0v) is 15.9. The van der Waals surface area contributed by atoms with E-state index in [1.165, 1.54) is 0 Å². The Balaban J connectivity index is 2.66. The van der Waals surface area contributed by atoms with Crippen LogP contribution in [0.4, 0.5) is 0 Å². The maximum atomic E-state index is 12.5. The van der Waals surface area contributed by atoms with Crippen molar-refractivity contribution in [1.29, 1.82) is 0 Å². The van der Waals surface area contributed by atoms with E-state index in [2.05, 4.69) is 15.9 Å². The number of carbonyl (C=O) groups is 2. The van der Waals surface area contributed by atoms with Crippen LogP contribution in [0.25, 0.3) is 0 Å². The average Bonchev–Trinajstić information content (AvgIpc) is 2.54. The Morgan fingerprint density at radius 1 is 1.12 bits per heavy atom. The highest BCUT2D eigenvalue weighted by Gasteiger charge is 2.40. The van der Waals surface area contributed by atoms with Gasteiger partial charge in [-0.1, -0.05) is 34.1 Å². The number of benzene rings is 1. The van der Waals surface area contributed by atoms with Crippen molar-refractivity contribution >= 4 is 27.9 Å². The largest absolute Gasteiger partial charge is 0.463 e. The lowest BCUT2D eigenvalue weighted by molar-refractivity contribution is -0.140. The minimum absolute atomic E-state index is 0.0789. The molecule has 0 saturated carbocycles. The Morgan fingerprint density at radius 2 is 1.68 bits per heavy atom. The van der Waals surface area contributed by atoms with Crippen molar-refractivity contribution in [3.8, 4) is 0 Å². The number of allylic oxidation sites excluding steroid dienone is 1. The van der Waals surface area contributed by atoms with Crippen LogP contribution in [0.2, 0.25) is 0 Å². The number of rotatable bonds is 5. The number of esters is 2. The molecule has 2 rings (SSSR count). The predicted molar refractivity (Wildman–Crippen MR) is 95.1 cm³/mol. The van der Waals surface area contributed by atoms with E-state index >= 15 is 0 Å². The van der Waals surface area contributed by atoms with E-state index < -0.39 is 17.9 Å². The highest BCUT2D eigenvalue weighted by molar-refractivity contribution is 9.10. The highest BCUT2D eigenvalue weighted by Crippen LogP contribution is 2.42. The molecule has 1 aliphatic rings. The van der Waals surface area contributed by atoms with E-state index in [1.54, 1.807) is 26.8 Å². The third-order valence-electron chi connectivity index (χ3n) is 3.69. The normalized spacial score (nSPS) is 17.2. The van der Waals surface area contributed by atoms with Gasteiger partial charge in [-0.3, -0.25) is 0 Å². The molecule has 1 heterocycles. The smallest absolute Gasteiger partial charge is 0.340 e. The second kappa shape index (κ2) is 8.20. The Morgan fingerprint density at radius 3 is 2.24 bits per heavy atom. The maximum Gasteiger partial charge on any atom is 0.340 e. The fourth-order valence-corrected chi connectivity index (χ4v) is 3.20. The summed E-state index contributed by atoms with van der Waals surface area (Å²) in [5, 5.41) is 0. The second-order valence-corrected chi connectivity index (χ2v) is 6.10. The maximum absolute atomic E-state index is 12.5. The first-order valence-electron chi connectivity index (χ1n) is 7.89. The van der Waals surface area contributed by atoms with Crippen molar-refractivity contribution < 1.29 is 23.8 Å². The van der Waals surface area contributed by atoms with Crippen LogP contribution in [-0.2, 0) is 23.8 Å². The van der Waals surface area contributed by atoms with Crippen molar-refractivity contribution in [3.05, 3.63) is 57.1 Å². The third kappa shape index (κ3) is 3.87. The van der Waals surface area contributed by atoms with Gasteiger partial charge in [-0.25, -0.2) is 9.59 Å². The monoisotopic (exact) mass is 409 g/mol. The van der Waals surface area contributed by atoms with Gasteiger partial charge in [0.15, 0.2) is 0 Å². The van der Waals surface area contributed by atoms with Gasteiger partial charge in [0.05, 0.1) is 24.7 Å². The molecule has 6 nitrogen and oxygen atoms in total. The number of hydrogen-bond acceptors (Lipinski definition) is 6. The van der Waals surface area contributed by atoms with Crippen molar-refractivity contribution in [1.82, 2.24) is 0 Å². The number of hydrogen-bond donors (Lipinski definition) is 1. The van der Waals surface area contributed by atoms with E-state index in [1.807, 2.05) is 18.2 Å². The second-order valence-electron chi connectivity index (χ2n) is 5.25. The minimum atomic E-state index is -0.748. The molecule has 25 heavy (non-hydrogen) atoms. The lowest BCUT2D eigenvalue weighted by Gasteiger charge is -2.29. The summed E-state index contributed by atoms with van der Waals surface area (Å²) in [7, 11) is 0. The lowest BCUT2D eigenvalue weighted by atomic mass is 9.82. The summed E-state index contributed by atoms with van der Waals surface area (Å²) in [4.78, 5) is 25.1. The first kappa shape index (κ1) is 19.1. The molecule has 2 N–H and O–H groups in total. The van der Waals surface area contributed by atoms with E-state index in [0.717, 1.165) is 4.47 Å². The molecule has 0 radical (unpaired) electrons. The topological polar surface area (TPSA) is 87.9 Å². The molecule has 0 aromatic heterocycles. The minimum Gasteiger partial charge on any atom is -0.463 e. The molecule has 1 aliphatic heterocycles. The quantitative estimate of drug-likeness (QED) is 0.751. The summed E-state index contributed by atoms with van der Waals surface area (Å²) < 4.78 is 16.5. The number of halogens is 1. The summed E-state index contributed by atoms with van der Waals surface area (Å²) in [6, 6.07) is 7.28. The molecule has 0 spiro atoms. The van der Waals surface area contributed by atoms with Crippen LogP contribution in [0.15, 0.2) is 51.5 Å². The van der Waals surface area contributed by atoms with Gasteiger partial charge in [0.2, 0.25) is 5.88 Å². The highest BCUT2D eigenvalue weighted by atomic mass is 79.9. The first-order chi connectivity index (χ1) is 11.9. The zero-order chi connectivity index (χ0) is 18.6. The molecule has 7 heteroatoms. The molecule has 0 saturated heterocycles. The van der Waals surface area contributed by atoms with Gasteiger partial charge in [-0.2, -0.15) is 0 Å². The van der Waals surface area contributed by atoms with Gasteiger partial charge in [-0.15, -0.1) is 0 Å². The first-order valence-corrected chi connectivity index (χ1v) is 8.68. The molecule has 1 aromatic rings. The van der Waals surface area contributed by atoms with Gasteiger partial charge in [0, 0.05) is 4.47 Å². The number of ether oxygens (including phenoxy) is 3. The molecule has 0 aliphatic carbocycles. The van der Waals surface area contributed by atoms with Crippen LogP contribution in [0.5, 0.6) is 0 Å². The average molecular weight is 410 g/mol. The molecule has 0 fully saturated rings. The zero-order valence-electron chi connectivity index (χ0n) is 14.3. The van der Waals surface area contributed by atoms with Crippen molar-refractivity contribution in [2.45, 2.75) is 26.7 Å². The Labute approximate surface area is 154 Å². The standard InChI is InChI=1S/C18H20BrNO5/c1-4-23-17(21)13-10(3)25-16(20)15(18(22)24-5-2)14(13)11-8-6-7-9-12(11)19/h6-9,14H,4-5,20H2,1-3H3/t14-/m1/s1. The summed E-state index contributed by atoms with van der Waals surface area (Å²) in [5.74, 6) is -1.72. The summed E-state index contributed by atoms with van der Waals surface area (Å²) in [6.45, 7) is 5.40. The van der Waals surface area contributed by atoms with Crippen LogP contribution in [0.3, 0.4) is 0 Å². The fraction of sp³-hybridized carbons (Fsp3) is 0.333. The molecule has 0 amide bonds. The van der Waals surface area contributed by atoms with Crippen molar-refractivity contribution in [3.63, 3.8) is 0 Å². The predicted octanol–water partition coefficient (Wildman–Crippen LogP) is 3.13. The Bertz CT molecular complexity index is 714. The molecular weight excluding hydrogens is 390 g/mol. The Hall–Kier alpha value is -2.28. The van der Waals surface area contributed by atoms with Gasteiger partial charge in [0.25, 0.3) is 0 Å². The van der Waals surface area contributed by atoms with Gasteiger partial charge in [0.1, 0.15) is 11.3 Å². The van der Waals surface area contributed by atoms with E-state index in [-0.39, 0.29) is 30.2 Å². The van der Waals surface area contributed by atoms with E-state index in [0.29, 0.717) is 11.3 Å². The van der Waals surface area contributed by atoms with Crippen LogP contribution in [0.1, 0.15) is 32.3 Å². The third-order valence-corrected chi connectivity index (χ3v) is 4.41. The van der Waals surface area contributed by atoms with Crippen molar-refractivity contribution in [2.75, 3.05) is 13.2 Å². The van der Waals surface area contributed by atoms with E-state index in [9.17, 15) is 9.59 Å². The number of nitrogens with two attached hydrogens (primary N) is 1. The molecule has 0 bridgehead atoms. The molecular formula is C18H20BrNO5. The summed E-state index contributed by atoms with van der Waals surface area (Å²) >= 11 is 3.47. The van der Waals surface area contributed by atoms with Gasteiger partial charge >= 0.3 is 11.9 Å². The van der Waals surface area contributed by atoms with Crippen LogP contribution >= 0.6 is 15.9 Å². The molecule has 0 unspecified atom stereocenters. The summed E-state index contributed by atoms with van der Waals surface area (Å²) in [5.41, 5.74) is 6.98. The van der Waals surface area contributed by atoms with Gasteiger partial charge in [-0.05, 0) is 32.4 Å². The van der Waals surface area contributed by atoms with Crippen molar-refractivity contribution in [2.24, 2.45) is 5.73 Å². The van der Waals surface area contributed by atoms with Gasteiger partial charge < -0.3 is 19.9 Å². The van der Waals surface area contributed by atoms with Crippen LogP contribution in [-0.4, -0.2) is 25.2 Å². The summed E-state index contributed by atoms with van der Waals surface area (Å²) in [6.07, 6.45) is 0. The number of carbonyl (C=O) groups excluding carboxylic acids is 2. The molecule has 1 aromatic carbocycles. The lowest BCUT2D eigenvalue weighted by Crippen LogP contribution is -2.30. The SMILES string of the molecule is CCOC(=O)C1=C(C)OC(N)=C(C(=O)OCC)[C@@H]1c1ccccc1Br. The fourth-order valence-electron chi connectivity index (χ4n) is 2.68. The van der Waals surface area contributed by atoms with Crippen LogP contribution < -0.4 is 5.73 Å². The molecule has 134 valence electrons. The van der Waals surface area contributed by atoms with Crippen LogP contribution in [0, 0.1) is 0 Å². The van der Waals surface area contributed by atoms with E-state index in [4.69, 9.17) is 19.9 Å². The Kier molecular flexibility index (Phi) is 6.25.